The number of ether oxygens (including phenoxy) is 2. The molecule has 1 N–H and O–H groups in total. The first-order valence-electron chi connectivity index (χ1n) is 8.91. The number of carbonyl (C=O) groups excluding carboxylic acids is 1. The van der Waals surface area contributed by atoms with E-state index in [2.05, 4.69) is 10.4 Å². The van der Waals surface area contributed by atoms with Crippen LogP contribution in [0.3, 0.4) is 0 Å². The summed E-state index contributed by atoms with van der Waals surface area (Å²) in [6.07, 6.45) is 1.66. The number of rotatable bonds is 7. The van der Waals surface area contributed by atoms with E-state index >= 15 is 0 Å². The Labute approximate surface area is 169 Å². The minimum Gasteiger partial charge on any atom is -0.496 e. The zero-order valence-corrected chi connectivity index (χ0v) is 16.8. The van der Waals surface area contributed by atoms with E-state index in [0.717, 1.165) is 17.8 Å². The van der Waals surface area contributed by atoms with E-state index in [4.69, 9.17) is 21.1 Å². The third kappa shape index (κ3) is 4.46. The van der Waals surface area contributed by atoms with Crippen molar-refractivity contribution >= 4 is 23.2 Å². The summed E-state index contributed by atoms with van der Waals surface area (Å²) >= 11 is 5.89. The Morgan fingerprint density at radius 2 is 1.96 bits per heavy atom. The maximum Gasteiger partial charge on any atom is 0.255 e. The van der Waals surface area contributed by atoms with Crippen molar-refractivity contribution in [2.24, 2.45) is 0 Å². The van der Waals surface area contributed by atoms with Crippen LogP contribution in [0.5, 0.6) is 11.5 Å². The van der Waals surface area contributed by atoms with Crippen molar-refractivity contribution in [3.05, 3.63) is 70.5 Å². The highest BCUT2D eigenvalue weighted by molar-refractivity contribution is 6.30. The maximum absolute atomic E-state index is 12.7. The quantitative estimate of drug-likeness (QED) is 0.625. The number of hydrogen-bond acceptors (Lipinski definition) is 4. The SMILES string of the molecule is CCn1ncc(NC(=O)c2ccc(OC)c(COc3ccc(Cl)cc3)c2)c1C. The summed E-state index contributed by atoms with van der Waals surface area (Å²) in [5.74, 6) is 1.12. The van der Waals surface area contributed by atoms with E-state index in [-0.39, 0.29) is 12.5 Å². The first kappa shape index (κ1) is 19.8. The summed E-state index contributed by atoms with van der Waals surface area (Å²) in [5, 5.41) is 7.80. The lowest BCUT2D eigenvalue weighted by Crippen LogP contribution is -2.13. The molecule has 1 aromatic heterocycles. The molecule has 2 aromatic carbocycles. The van der Waals surface area contributed by atoms with Gasteiger partial charge in [-0.1, -0.05) is 11.6 Å². The number of benzene rings is 2. The molecule has 7 heteroatoms. The fourth-order valence-corrected chi connectivity index (χ4v) is 2.93. The molecule has 6 nitrogen and oxygen atoms in total. The zero-order valence-electron chi connectivity index (χ0n) is 16.0. The molecule has 0 atom stereocenters. The molecule has 3 aromatic rings. The van der Waals surface area contributed by atoms with Gasteiger partial charge in [0.05, 0.1) is 24.7 Å². The van der Waals surface area contributed by atoms with Gasteiger partial charge < -0.3 is 14.8 Å². The number of methoxy groups -OCH3 is 1. The third-order valence-electron chi connectivity index (χ3n) is 4.40. The molecule has 0 aliphatic rings. The van der Waals surface area contributed by atoms with E-state index in [1.165, 1.54) is 0 Å². The minimum atomic E-state index is -0.214. The van der Waals surface area contributed by atoms with Crippen molar-refractivity contribution in [1.82, 2.24) is 9.78 Å². The number of nitrogens with zero attached hydrogens (tertiary/aromatic N) is 2. The molecule has 28 heavy (non-hydrogen) atoms. The Bertz CT molecular complexity index is 968. The number of hydrogen-bond donors (Lipinski definition) is 1. The number of aromatic nitrogens is 2. The average molecular weight is 400 g/mol. The highest BCUT2D eigenvalue weighted by Crippen LogP contribution is 2.24. The second kappa shape index (κ2) is 8.80. The van der Waals surface area contributed by atoms with E-state index in [1.54, 1.807) is 55.8 Å². The van der Waals surface area contributed by atoms with Crippen LogP contribution in [-0.4, -0.2) is 22.8 Å². The molecule has 0 unspecified atom stereocenters. The van der Waals surface area contributed by atoms with Crippen LogP contribution < -0.4 is 14.8 Å². The first-order valence-corrected chi connectivity index (χ1v) is 9.28. The van der Waals surface area contributed by atoms with Gasteiger partial charge in [0, 0.05) is 22.7 Å². The number of amides is 1. The Kier molecular flexibility index (Phi) is 6.21. The number of nitrogens with one attached hydrogen (secondary N) is 1. The van der Waals surface area contributed by atoms with E-state index in [0.29, 0.717) is 27.8 Å². The number of anilines is 1. The number of aryl methyl sites for hydroxylation is 1. The van der Waals surface area contributed by atoms with Crippen molar-refractivity contribution in [1.29, 1.82) is 0 Å². The van der Waals surface area contributed by atoms with Gasteiger partial charge in [-0.25, -0.2) is 0 Å². The van der Waals surface area contributed by atoms with Crippen LogP contribution in [0.4, 0.5) is 5.69 Å². The lowest BCUT2D eigenvalue weighted by Gasteiger charge is -2.12. The fraction of sp³-hybridized carbons (Fsp3) is 0.238. The number of halogens is 1. The summed E-state index contributed by atoms with van der Waals surface area (Å²) < 4.78 is 13.0. The molecule has 0 saturated heterocycles. The second-order valence-electron chi connectivity index (χ2n) is 6.18. The molecule has 0 aliphatic heterocycles. The van der Waals surface area contributed by atoms with E-state index < -0.39 is 0 Å². The predicted molar refractivity (Wildman–Crippen MR) is 109 cm³/mol. The van der Waals surface area contributed by atoms with Gasteiger partial charge >= 0.3 is 0 Å². The van der Waals surface area contributed by atoms with Crippen molar-refractivity contribution in [2.75, 3.05) is 12.4 Å². The summed E-state index contributed by atoms with van der Waals surface area (Å²) in [5.41, 5.74) is 2.89. The second-order valence-corrected chi connectivity index (χ2v) is 6.62. The largest absolute Gasteiger partial charge is 0.496 e. The maximum atomic E-state index is 12.7. The summed E-state index contributed by atoms with van der Waals surface area (Å²) in [6, 6.07) is 12.4. The lowest BCUT2D eigenvalue weighted by molar-refractivity contribution is 0.102. The minimum absolute atomic E-state index is 0.214. The van der Waals surface area contributed by atoms with Crippen LogP contribution in [0.25, 0.3) is 0 Å². The van der Waals surface area contributed by atoms with Crippen molar-refractivity contribution < 1.29 is 14.3 Å². The molecule has 0 bridgehead atoms. The smallest absolute Gasteiger partial charge is 0.255 e. The highest BCUT2D eigenvalue weighted by atomic mass is 35.5. The molecule has 1 amide bonds. The molecule has 0 aliphatic carbocycles. The van der Waals surface area contributed by atoms with Crippen LogP contribution in [0.1, 0.15) is 28.5 Å². The standard InChI is InChI=1S/C21H22ClN3O3/c1-4-25-14(2)19(12-23-25)24-21(26)15-5-10-20(27-3)16(11-15)13-28-18-8-6-17(22)7-9-18/h5-12H,4,13H2,1-3H3,(H,24,26). The fourth-order valence-electron chi connectivity index (χ4n) is 2.81. The van der Waals surface area contributed by atoms with Crippen molar-refractivity contribution in [3.8, 4) is 11.5 Å². The predicted octanol–water partition coefficient (Wildman–Crippen LogP) is 4.70. The molecular weight excluding hydrogens is 378 g/mol. The van der Waals surface area contributed by atoms with Gasteiger partial charge in [0.15, 0.2) is 0 Å². The van der Waals surface area contributed by atoms with Gasteiger partial charge in [0.25, 0.3) is 5.91 Å². The molecule has 1 heterocycles. The molecule has 0 saturated carbocycles. The van der Waals surface area contributed by atoms with Gasteiger partial charge in [-0.15, -0.1) is 0 Å². The highest BCUT2D eigenvalue weighted by Gasteiger charge is 2.14. The molecular formula is C21H22ClN3O3. The van der Waals surface area contributed by atoms with Crippen molar-refractivity contribution in [2.45, 2.75) is 27.0 Å². The van der Waals surface area contributed by atoms with Gasteiger partial charge in [-0.3, -0.25) is 9.48 Å². The van der Waals surface area contributed by atoms with Gasteiger partial charge in [-0.2, -0.15) is 5.10 Å². The van der Waals surface area contributed by atoms with Crippen LogP contribution >= 0.6 is 11.6 Å². The Balaban J connectivity index is 1.76. The van der Waals surface area contributed by atoms with Gasteiger partial charge in [-0.05, 0) is 56.3 Å². The topological polar surface area (TPSA) is 65.4 Å². The normalized spacial score (nSPS) is 10.6. The first-order chi connectivity index (χ1) is 13.5. The third-order valence-corrected chi connectivity index (χ3v) is 4.65. The summed E-state index contributed by atoms with van der Waals surface area (Å²) in [7, 11) is 1.59. The molecule has 0 fully saturated rings. The molecule has 0 spiro atoms. The van der Waals surface area contributed by atoms with Gasteiger partial charge in [0.2, 0.25) is 0 Å². The molecule has 0 radical (unpaired) electrons. The van der Waals surface area contributed by atoms with E-state index in [9.17, 15) is 4.79 Å². The molecule has 3 rings (SSSR count). The van der Waals surface area contributed by atoms with Crippen LogP contribution in [0.15, 0.2) is 48.7 Å². The Hall–Kier alpha value is -2.99. The Morgan fingerprint density at radius 3 is 2.61 bits per heavy atom. The summed E-state index contributed by atoms with van der Waals surface area (Å²) in [6.45, 7) is 4.93. The zero-order chi connectivity index (χ0) is 20.1. The Morgan fingerprint density at radius 1 is 1.21 bits per heavy atom. The van der Waals surface area contributed by atoms with Crippen LogP contribution in [-0.2, 0) is 13.2 Å². The van der Waals surface area contributed by atoms with Crippen molar-refractivity contribution in [3.63, 3.8) is 0 Å². The van der Waals surface area contributed by atoms with Gasteiger partial charge in [0.1, 0.15) is 18.1 Å². The van der Waals surface area contributed by atoms with Crippen LogP contribution in [0, 0.1) is 6.92 Å². The van der Waals surface area contributed by atoms with Crippen LogP contribution in [0.2, 0.25) is 5.02 Å². The lowest BCUT2D eigenvalue weighted by atomic mass is 10.1. The molecule has 146 valence electrons. The average Bonchev–Trinajstić information content (AvgIpc) is 3.06. The monoisotopic (exact) mass is 399 g/mol. The number of carbonyl (C=O) groups is 1. The summed E-state index contributed by atoms with van der Waals surface area (Å²) in [4.78, 5) is 12.7. The van der Waals surface area contributed by atoms with E-state index in [1.807, 2.05) is 18.5 Å².